The number of hydrogen-bond donors (Lipinski definition) is 0. The van der Waals surface area contributed by atoms with Crippen LogP contribution in [0.5, 0.6) is 0 Å². The van der Waals surface area contributed by atoms with Crippen LogP contribution in [0.1, 0.15) is 40.9 Å². The van der Waals surface area contributed by atoms with Gasteiger partial charge in [-0.15, -0.1) is 11.3 Å². The zero-order valence-electron chi connectivity index (χ0n) is 12.9. The molecular formula is C14H18S. The molecule has 0 unspecified atom stereocenters. The molecule has 0 nitrogen and oxygen atoms in total. The van der Waals surface area contributed by atoms with E-state index in [0.29, 0.717) is 0 Å². The highest BCUT2D eigenvalue weighted by molar-refractivity contribution is 7.19. The SMILES string of the molecule is [2H]c1c([2H])c(C)c2c(C)c(C(C)(C)C)sc2c1[2H]. The Kier molecular flexibility index (Phi) is 1.66. The minimum atomic E-state index is 0.0387. The number of thiophene rings is 1. The van der Waals surface area contributed by atoms with Crippen LogP contribution in [0.15, 0.2) is 18.1 Å². The van der Waals surface area contributed by atoms with Gasteiger partial charge in [0.1, 0.15) is 0 Å². The van der Waals surface area contributed by atoms with Crippen LogP contribution in [0, 0.1) is 13.8 Å². The summed E-state index contributed by atoms with van der Waals surface area (Å²) < 4.78 is 24.7. The second kappa shape index (κ2) is 3.34. The molecule has 2 rings (SSSR count). The first-order chi connectivity index (χ1) is 8.16. The molecule has 2 aromatic rings. The van der Waals surface area contributed by atoms with Crippen LogP contribution in [0.2, 0.25) is 0 Å². The molecule has 15 heavy (non-hydrogen) atoms. The zero-order chi connectivity index (χ0) is 13.8. The fraction of sp³-hybridized carbons (Fsp3) is 0.429. The molecule has 1 aromatic carbocycles. The van der Waals surface area contributed by atoms with E-state index in [4.69, 9.17) is 4.11 Å². The second-order valence-corrected chi connectivity index (χ2v) is 6.03. The van der Waals surface area contributed by atoms with Crippen molar-refractivity contribution in [3.05, 3.63) is 34.1 Å². The van der Waals surface area contributed by atoms with Crippen LogP contribution in [-0.4, -0.2) is 0 Å². The molecule has 0 saturated heterocycles. The Labute approximate surface area is 100 Å². The Morgan fingerprint density at radius 3 is 2.47 bits per heavy atom. The van der Waals surface area contributed by atoms with Crippen LogP contribution in [0.3, 0.4) is 0 Å². The smallest absolute Gasteiger partial charge is 0.0638 e. The van der Waals surface area contributed by atoms with Gasteiger partial charge < -0.3 is 0 Å². The third-order valence-corrected chi connectivity index (χ3v) is 4.26. The largest absolute Gasteiger partial charge is 0.139 e. The second-order valence-electron chi connectivity index (χ2n) is 5.01. The molecule has 0 spiro atoms. The lowest BCUT2D eigenvalue weighted by molar-refractivity contribution is 0.601. The van der Waals surface area contributed by atoms with Gasteiger partial charge in [-0.2, -0.15) is 0 Å². The van der Waals surface area contributed by atoms with Gasteiger partial charge in [-0.25, -0.2) is 0 Å². The topological polar surface area (TPSA) is 0 Å². The quantitative estimate of drug-likeness (QED) is 0.598. The lowest BCUT2D eigenvalue weighted by Crippen LogP contribution is -2.09. The summed E-state index contributed by atoms with van der Waals surface area (Å²) in [6, 6.07) is 0.430. The summed E-state index contributed by atoms with van der Waals surface area (Å²) in [4.78, 5) is 1.25. The summed E-state index contributed by atoms with van der Waals surface area (Å²) >= 11 is 1.60. The predicted molar refractivity (Wildman–Crippen MR) is 70.0 cm³/mol. The van der Waals surface area contributed by atoms with Gasteiger partial charge in [0.25, 0.3) is 0 Å². The van der Waals surface area contributed by atoms with E-state index in [1.165, 1.54) is 10.4 Å². The Morgan fingerprint density at radius 2 is 1.87 bits per heavy atom. The van der Waals surface area contributed by atoms with Gasteiger partial charge in [-0.05, 0) is 41.8 Å². The molecule has 0 aliphatic carbocycles. The normalized spacial score (nSPS) is 15.1. The molecule has 80 valence electrons. The maximum atomic E-state index is 8.04. The van der Waals surface area contributed by atoms with Gasteiger partial charge in [0.05, 0.1) is 4.11 Å². The fourth-order valence-electron chi connectivity index (χ4n) is 2.01. The van der Waals surface area contributed by atoms with Crippen LogP contribution in [-0.2, 0) is 5.41 Å². The lowest BCUT2D eigenvalue weighted by Gasteiger charge is -2.17. The minimum Gasteiger partial charge on any atom is -0.139 e. The standard InChI is InChI=1S/C14H18S/c1-9-7-6-8-11-12(9)10(2)13(15-11)14(3,4)5/h6-8H,1-5H3/i6D,7D,8D. The van der Waals surface area contributed by atoms with Crippen molar-refractivity contribution in [2.45, 2.75) is 40.0 Å². The van der Waals surface area contributed by atoms with Crippen LogP contribution >= 0.6 is 11.3 Å². The summed E-state index contributed by atoms with van der Waals surface area (Å²) in [7, 11) is 0. The van der Waals surface area contributed by atoms with Crippen molar-refractivity contribution in [2.24, 2.45) is 0 Å². The molecule has 0 bridgehead atoms. The van der Waals surface area contributed by atoms with E-state index in [0.717, 1.165) is 15.6 Å². The monoisotopic (exact) mass is 221 g/mol. The molecule has 0 amide bonds. The van der Waals surface area contributed by atoms with Crippen molar-refractivity contribution in [2.75, 3.05) is 0 Å². The van der Waals surface area contributed by atoms with Gasteiger partial charge in [0.2, 0.25) is 0 Å². The third-order valence-electron chi connectivity index (χ3n) is 2.63. The van der Waals surface area contributed by atoms with Crippen LogP contribution in [0.25, 0.3) is 10.1 Å². The van der Waals surface area contributed by atoms with E-state index < -0.39 is 0 Å². The van der Waals surface area contributed by atoms with E-state index >= 15 is 0 Å². The first-order valence-electron chi connectivity index (χ1n) is 6.66. The highest BCUT2D eigenvalue weighted by Gasteiger charge is 2.21. The van der Waals surface area contributed by atoms with E-state index in [-0.39, 0.29) is 23.5 Å². The van der Waals surface area contributed by atoms with Gasteiger partial charge in [-0.3, -0.25) is 0 Å². The summed E-state index contributed by atoms with van der Waals surface area (Å²) in [6.07, 6.45) is 0. The van der Waals surface area contributed by atoms with E-state index in [1.807, 2.05) is 6.92 Å². The molecule has 0 fully saturated rings. The highest BCUT2D eigenvalue weighted by atomic mass is 32.1. The molecular weight excluding hydrogens is 200 g/mol. The average molecular weight is 221 g/mol. The van der Waals surface area contributed by atoms with Crippen molar-refractivity contribution >= 4 is 21.4 Å². The Hall–Kier alpha value is -0.820. The first kappa shape index (κ1) is 7.45. The Bertz CT molecular complexity index is 633. The molecule has 1 aromatic heterocycles. The van der Waals surface area contributed by atoms with Crippen molar-refractivity contribution in [3.63, 3.8) is 0 Å². The molecule has 0 N–H and O–H groups in total. The van der Waals surface area contributed by atoms with Gasteiger partial charge >= 0.3 is 0 Å². The number of fused-ring (bicyclic) bond motifs is 1. The zero-order valence-corrected chi connectivity index (χ0v) is 10.7. The van der Waals surface area contributed by atoms with E-state index in [1.54, 1.807) is 11.3 Å². The van der Waals surface area contributed by atoms with Crippen molar-refractivity contribution in [1.82, 2.24) is 0 Å². The van der Waals surface area contributed by atoms with Crippen molar-refractivity contribution in [3.8, 4) is 0 Å². The Balaban J connectivity index is 2.98. The maximum absolute atomic E-state index is 8.04. The minimum absolute atomic E-state index is 0.0387. The summed E-state index contributed by atoms with van der Waals surface area (Å²) in [5, 5.41) is 1.01. The highest BCUT2D eigenvalue weighted by Crippen LogP contribution is 2.39. The molecule has 1 heteroatoms. The van der Waals surface area contributed by atoms with Gasteiger partial charge in [-0.1, -0.05) is 32.9 Å². The van der Waals surface area contributed by atoms with Crippen LogP contribution in [0.4, 0.5) is 0 Å². The fourth-order valence-corrected chi connectivity index (χ4v) is 3.29. The number of hydrogen-bond acceptors (Lipinski definition) is 1. The average Bonchev–Trinajstić information content (AvgIpc) is 2.61. The van der Waals surface area contributed by atoms with Crippen LogP contribution < -0.4 is 0 Å². The third kappa shape index (κ3) is 1.69. The molecule has 0 atom stereocenters. The molecule has 0 radical (unpaired) electrons. The molecule has 0 aliphatic heterocycles. The number of aryl methyl sites for hydroxylation is 2. The molecule has 0 aliphatic rings. The molecule has 1 heterocycles. The summed E-state index contributed by atoms with van der Waals surface area (Å²) in [6.45, 7) is 10.4. The number of rotatable bonds is 0. The Morgan fingerprint density at radius 1 is 1.20 bits per heavy atom. The summed E-state index contributed by atoms with van der Waals surface area (Å²) in [5.41, 5.74) is 2.04. The molecule has 0 saturated carbocycles. The van der Waals surface area contributed by atoms with E-state index in [2.05, 4.69) is 27.7 Å². The lowest BCUT2D eigenvalue weighted by atomic mass is 9.90. The van der Waals surface area contributed by atoms with Gasteiger partial charge in [0, 0.05) is 9.58 Å². The van der Waals surface area contributed by atoms with Crippen molar-refractivity contribution < 1.29 is 4.11 Å². The summed E-state index contributed by atoms with van der Waals surface area (Å²) in [5.74, 6) is 0. The predicted octanol–water partition coefficient (Wildman–Crippen LogP) is 4.82. The first-order valence-corrected chi connectivity index (χ1v) is 5.97. The van der Waals surface area contributed by atoms with E-state index in [9.17, 15) is 0 Å². The number of benzene rings is 1. The maximum Gasteiger partial charge on any atom is 0.0638 e. The van der Waals surface area contributed by atoms with Crippen molar-refractivity contribution in [1.29, 1.82) is 0 Å². The van der Waals surface area contributed by atoms with Gasteiger partial charge in [0.15, 0.2) is 0 Å².